The smallest absolute Gasteiger partial charge is 0.235 e. The summed E-state index contributed by atoms with van der Waals surface area (Å²) in [6.45, 7) is 0. The van der Waals surface area contributed by atoms with Crippen LogP contribution in [0.25, 0.3) is 0 Å². The Kier molecular flexibility index (Phi) is 2.73. The minimum Gasteiger partial charge on any atom is -0.285 e. The van der Waals surface area contributed by atoms with Crippen LogP contribution in [0.3, 0.4) is 0 Å². The molecule has 1 rings (SSSR count). The van der Waals surface area contributed by atoms with E-state index in [2.05, 4.69) is 0 Å². The molecule has 3 nitrogen and oxygen atoms in total. The largest absolute Gasteiger partial charge is 0.285 e. The van der Waals surface area contributed by atoms with Gasteiger partial charge >= 0.3 is 0 Å². The summed E-state index contributed by atoms with van der Waals surface area (Å²) in [6, 6.07) is 3.88. The molecule has 0 bridgehead atoms. The molecule has 0 saturated heterocycles. The molecule has 0 N–H and O–H groups in total. The molecule has 0 saturated carbocycles. The maximum absolute atomic E-state index is 11.0. The van der Waals surface area contributed by atoms with Crippen molar-refractivity contribution in [2.45, 2.75) is 4.90 Å². The third-order valence-electron chi connectivity index (χ3n) is 1.48. The van der Waals surface area contributed by atoms with E-state index in [0.29, 0.717) is 0 Å². The van der Waals surface area contributed by atoms with E-state index in [9.17, 15) is 13.2 Å². The van der Waals surface area contributed by atoms with Crippen LogP contribution in [0, 0.1) is 0 Å². The predicted molar refractivity (Wildman–Crippen MR) is 49.4 cm³/mol. The minimum absolute atomic E-state index is 0.0940. The molecular weight excluding hydrogens is 212 g/mol. The monoisotopic (exact) mass is 217 g/mol. The average molecular weight is 218 g/mol. The molecule has 0 atom stereocenters. The maximum Gasteiger partial charge on any atom is 0.235 e. The summed E-state index contributed by atoms with van der Waals surface area (Å²) in [5.74, 6) is 0. The lowest BCUT2D eigenvalue weighted by atomic mass is 10.2. The van der Waals surface area contributed by atoms with Crippen molar-refractivity contribution in [3.63, 3.8) is 0 Å². The van der Waals surface area contributed by atoms with Crippen LogP contribution in [0.15, 0.2) is 23.1 Å². The molecule has 0 unspecified atom stereocenters. The molecule has 0 aliphatic rings. The standard InChI is InChI=1S/C8H6ClO3S/c1-13(11,12)7-3-2-6(5-10)8(9)4-7/h2-4H,1H3. The molecule has 0 aromatic heterocycles. The number of benzene rings is 1. The normalized spacial score (nSPS) is 11.2. The van der Waals surface area contributed by atoms with Crippen molar-refractivity contribution in [2.24, 2.45) is 0 Å². The molecule has 1 aromatic carbocycles. The van der Waals surface area contributed by atoms with Crippen molar-refractivity contribution in [1.29, 1.82) is 0 Å². The highest BCUT2D eigenvalue weighted by atomic mass is 35.5. The first-order chi connectivity index (χ1) is 5.95. The van der Waals surface area contributed by atoms with Gasteiger partial charge in [0.2, 0.25) is 6.29 Å². The van der Waals surface area contributed by atoms with Gasteiger partial charge in [-0.2, -0.15) is 0 Å². The number of hydrogen-bond acceptors (Lipinski definition) is 3. The van der Waals surface area contributed by atoms with Gasteiger partial charge in [-0.25, -0.2) is 8.42 Å². The first-order valence-electron chi connectivity index (χ1n) is 3.33. The van der Waals surface area contributed by atoms with Crippen LogP contribution in [0.4, 0.5) is 0 Å². The van der Waals surface area contributed by atoms with E-state index in [4.69, 9.17) is 11.6 Å². The van der Waals surface area contributed by atoms with Gasteiger partial charge in [0.15, 0.2) is 9.84 Å². The maximum atomic E-state index is 11.0. The molecule has 0 aliphatic heterocycles. The van der Waals surface area contributed by atoms with Crippen molar-refractivity contribution in [3.05, 3.63) is 28.8 Å². The highest BCUT2D eigenvalue weighted by Crippen LogP contribution is 2.19. The summed E-state index contributed by atoms with van der Waals surface area (Å²) in [7, 11) is -3.26. The van der Waals surface area contributed by atoms with E-state index in [1.807, 2.05) is 0 Å². The van der Waals surface area contributed by atoms with E-state index in [0.717, 1.165) is 6.26 Å². The highest BCUT2D eigenvalue weighted by Gasteiger charge is 2.09. The van der Waals surface area contributed by atoms with Gasteiger partial charge in [0.25, 0.3) is 0 Å². The molecule has 5 heteroatoms. The van der Waals surface area contributed by atoms with Gasteiger partial charge in [-0.3, -0.25) is 4.79 Å². The van der Waals surface area contributed by atoms with Gasteiger partial charge in [-0.1, -0.05) is 11.6 Å². The zero-order valence-electron chi connectivity index (χ0n) is 6.74. The van der Waals surface area contributed by atoms with Gasteiger partial charge in [0, 0.05) is 11.8 Å². The van der Waals surface area contributed by atoms with E-state index >= 15 is 0 Å². The van der Waals surface area contributed by atoms with Crippen molar-refractivity contribution in [3.8, 4) is 0 Å². The fraction of sp³-hybridized carbons (Fsp3) is 0.125. The molecule has 0 spiro atoms. The SMILES string of the molecule is CS(=O)(=O)c1ccc([C]=O)c(Cl)c1. The van der Waals surface area contributed by atoms with Gasteiger partial charge in [0.05, 0.1) is 9.92 Å². The van der Waals surface area contributed by atoms with Crippen molar-refractivity contribution < 1.29 is 13.2 Å². The van der Waals surface area contributed by atoms with E-state index in [-0.39, 0.29) is 15.5 Å². The van der Waals surface area contributed by atoms with Crippen LogP contribution in [-0.2, 0) is 14.6 Å². The third-order valence-corrected chi connectivity index (χ3v) is 2.90. The van der Waals surface area contributed by atoms with Gasteiger partial charge in [-0.05, 0) is 18.2 Å². The van der Waals surface area contributed by atoms with Crippen molar-refractivity contribution in [1.82, 2.24) is 0 Å². The zero-order chi connectivity index (χ0) is 10.1. The molecule has 69 valence electrons. The van der Waals surface area contributed by atoms with Gasteiger partial charge in [-0.15, -0.1) is 0 Å². The number of rotatable bonds is 2. The first-order valence-corrected chi connectivity index (χ1v) is 5.60. The second-order valence-electron chi connectivity index (χ2n) is 2.52. The summed E-state index contributed by atoms with van der Waals surface area (Å²) >= 11 is 5.61. The fourth-order valence-corrected chi connectivity index (χ4v) is 1.74. The number of sulfone groups is 1. The Balaban J connectivity index is 3.34. The quantitative estimate of drug-likeness (QED) is 0.748. The number of hydrogen-bond donors (Lipinski definition) is 0. The van der Waals surface area contributed by atoms with Crippen LogP contribution in [0.5, 0.6) is 0 Å². The summed E-state index contributed by atoms with van der Waals surface area (Å²) in [6.07, 6.45) is 2.67. The Morgan fingerprint density at radius 1 is 1.38 bits per heavy atom. The second kappa shape index (κ2) is 3.47. The highest BCUT2D eigenvalue weighted by molar-refractivity contribution is 7.90. The van der Waals surface area contributed by atoms with Crippen LogP contribution in [0.2, 0.25) is 5.02 Å². The van der Waals surface area contributed by atoms with Crippen molar-refractivity contribution in [2.75, 3.05) is 6.26 Å². The predicted octanol–water partition coefficient (Wildman–Crippen LogP) is 1.20. The average Bonchev–Trinajstić information content (AvgIpc) is 2.02. The summed E-state index contributed by atoms with van der Waals surface area (Å²) in [4.78, 5) is 10.3. The molecule has 0 amide bonds. The number of carbonyl (C=O) groups excluding carboxylic acids is 1. The second-order valence-corrected chi connectivity index (χ2v) is 4.94. The van der Waals surface area contributed by atoms with E-state index < -0.39 is 9.84 Å². The summed E-state index contributed by atoms with van der Waals surface area (Å²) < 4.78 is 22.1. The molecule has 0 fully saturated rings. The van der Waals surface area contributed by atoms with Crippen molar-refractivity contribution >= 4 is 27.7 Å². The van der Waals surface area contributed by atoms with Crippen LogP contribution in [0.1, 0.15) is 5.56 Å². The van der Waals surface area contributed by atoms with E-state index in [1.165, 1.54) is 18.2 Å². The number of halogens is 1. The van der Waals surface area contributed by atoms with Crippen LogP contribution >= 0.6 is 11.6 Å². The Labute approximate surface area is 81.3 Å². The Bertz CT molecular complexity index is 437. The lowest BCUT2D eigenvalue weighted by molar-refractivity contribution is 0.562. The lowest BCUT2D eigenvalue weighted by Gasteiger charge is -1.99. The molecule has 1 radical (unpaired) electrons. The first kappa shape index (κ1) is 10.2. The van der Waals surface area contributed by atoms with E-state index in [1.54, 1.807) is 6.29 Å². The summed E-state index contributed by atoms with van der Waals surface area (Å²) in [5, 5.41) is 0.0953. The molecule has 0 heterocycles. The minimum atomic E-state index is -3.26. The molecule has 13 heavy (non-hydrogen) atoms. The topological polar surface area (TPSA) is 51.2 Å². The Morgan fingerprint density at radius 2 is 2.00 bits per heavy atom. The third kappa shape index (κ3) is 2.29. The fourth-order valence-electron chi connectivity index (χ4n) is 0.809. The Morgan fingerprint density at radius 3 is 2.38 bits per heavy atom. The molecular formula is C8H6ClO3S. The lowest BCUT2D eigenvalue weighted by Crippen LogP contribution is -1.97. The Hall–Kier alpha value is -0.870. The van der Waals surface area contributed by atoms with Crippen LogP contribution in [-0.4, -0.2) is 21.0 Å². The zero-order valence-corrected chi connectivity index (χ0v) is 8.32. The van der Waals surface area contributed by atoms with Gasteiger partial charge in [0.1, 0.15) is 0 Å². The summed E-state index contributed by atoms with van der Waals surface area (Å²) in [5.41, 5.74) is 0.161. The molecule has 1 aromatic rings. The van der Waals surface area contributed by atoms with Gasteiger partial charge < -0.3 is 0 Å². The van der Waals surface area contributed by atoms with Crippen LogP contribution < -0.4 is 0 Å². The molecule has 0 aliphatic carbocycles.